The monoisotopic (exact) mass is 529 g/mol. The molecule has 0 bridgehead atoms. The van der Waals surface area contributed by atoms with Gasteiger partial charge < -0.3 is 19.5 Å². The van der Waals surface area contributed by atoms with E-state index in [0.717, 1.165) is 36.8 Å². The third kappa shape index (κ3) is 3.90. The van der Waals surface area contributed by atoms with E-state index in [0.29, 0.717) is 22.4 Å². The summed E-state index contributed by atoms with van der Waals surface area (Å²) in [5, 5.41) is 12.0. The van der Waals surface area contributed by atoms with Gasteiger partial charge in [0, 0.05) is 28.5 Å². The number of rotatable bonds is 8. The minimum absolute atomic E-state index is 0.00223. The third-order valence-electron chi connectivity index (χ3n) is 9.33. The topological polar surface area (TPSA) is 62.3 Å². The maximum atomic E-state index is 14.8. The van der Waals surface area contributed by atoms with Gasteiger partial charge in [0.2, 0.25) is 5.91 Å². The van der Waals surface area contributed by atoms with Crippen molar-refractivity contribution < 1.29 is 19.4 Å². The summed E-state index contributed by atoms with van der Waals surface area (Å²) in [6.45, 7) is 2.08. The van der Waals surface area contributed by atoms with Gasteiger partial charge in [0.1, 0.15) is 6.10 Å². The summed E-state index contributed by atoms with van der Waals surface area (Å²) in [4.78, 5) is 16.8. The standard InChI is InChI=1S/C29H33Cl2NO4/c1-28(29(12-13-29)25-26(35-2)36-25)15-22(19-4-3-5-21(31)14-19)24(18-8-10-20(30)11-9-18)32(27(28)34)23(16-33)17-6-7-17/h3-5,8-11,14,17,22-26,33H,6-7,12-13,15-16H2,1-2H3/t22-,23-,24?,25?,26?,28+/m1/s1. The average Bonchev–Trinajstić information content (AvgIpc) is 3.73. The molecule has 2 saturated heterocycles. The van der Waals surface area contributed by atoms with Crippen molar-refractivity contribution in [3.63, 3.8) is 0 Å². The lowest BCUT2D eigenvalue weighted by molar-refractivity contribution is -0.163. The first-order valence-electron chi connectivity index (χ1n) is 13.0. The van der Waals surface area contributed by atoms with Crippen LogP contribution < -0.4 is 0 Å². The van der Waals surface area contributed by atoms with Crippen LogP contribution in [0.5, 0.6) is 0 Å². The van der Waals surface area contributed by atoms with E-state index in [4.69, 9.17) is 32.7 Å². The fraction of sp³-hybridized carbons (Fsp3) is 0.552. The zero-order valence-corrected chi connectivity index (χ0v) is 22.2. The molecule has 3 unspecified atom stereocenters. The fourth-order valence-corrected chi connectivity index (χ4v) is 7.33. The highest BCUT2D eigenvalue weighted by Crippen LogP contribution is 2.71. The molecule has 1 amide bonds. The normalized spacial score (nSPS) is 33.9. The molecule has 4 aliphatic rings. The molecule has 6 rings (SSSR count). The quantitative estimate of drug-likeness (QED) is 0.427. The summed E-state index contributed by atoms with van der Waals surface area (Å²) in [6, 6.07) is 15.4. The third-order valence-corrected chi connectivity index (χ3v) is 9.82. The molecular weight excluding hydrogens is 497 g/mol. The Kier molecular flexibility index (Phi) is 6.17. The van der Waals surface area contributed by atoms with Crippen molar-refractivity contribution in [1.29, 1.82) is 0 Å². The van der Waals surface area contributed by atoms with Crippen LogP contribution in [0.1, 0.15) is 62.1 Å². The van der Waals surface area contributed by atoms with Gasteiger partial charge in [-0.05, 0) is 73.4 Å². The second-order valence-corrected chi connectivity index (χ2v) is 12.2. The Bertz CT molecular complexity index is 1150. The number of benzene rings is 2. The van der Waals surface area contributed by atoms with E-state index >= 15 is 0 Å². The van der Waals surface area contributed by atoms with E-state index in [1.807, 2.05) is 47.4 Å². The van der Waals surface area contributed by atoms with Gasteiger partial charge in [-0.1, -0.05) is 54.4 Å². The smallest absolute Gasteiger partial charge is 0.230 e. The fourth-order valence-electron chi connectivity index (χ4n) is 7.01. The van der Waals surface area contributed by atoms with Gasteiger partial charge >= 0.3 is 0 Å². The van der Waals surface area contributed by atoms with Crippen LogP contribution in [0.3, 0.4) is 0 Å². The number of piperidine rings is 1. The van der Waals surface area contributed by atoms with Crippen LogP contribution in [-0.4, -0.2) is 48.1 Å². The summed E-state index contributed by atoms with van der Waals surface area (Å²) in [5.41, 5.74) is 1.23. The molecule has 2 aliphatic heterocycles. The predicted molar refractivity (Wildman–Crippen MR) is 139 cm³/mol. The number of methoxy groups -OCH3 is 1. The van der Waals surface area contributed by atoms with Crippen LogP contribution in [0, 0.1) is 16.7 Å². The molecule has 2 aromatic carbocycles. The first kappa shape index (κ1) is 24.7. The summed E-state index contributed by atoms with van der Waals surface area (Å²) in [5.74, 6) is 0.433. The van der Waals surface area contributed by atoms with Crippen LogP contribution >= 0.6 is 23.2 Å². The van der Waals surface area contributed by atoms with Crippen LogP contribution in [0.4, 0.5) is 0 Å². The second-order valence-electron chi connectivity index (χ2n) is 11.3. The molecule has 7 heteroatoms. The van der Waals surface area contributed by atoms with Crippen LogP contribution in [0.25, 0.3) is 0 Å². The Morgan fingerprint density at radius 3 is 2.39 bits per heavy atom. The summed E-state index contributed by atoms with van der Waals surface area (Å²) < 4.78 is 11.5. The highest BCUT2D eigenvalue weighted by Gasteiger charge is 2.74. The maximum absolute atomic E-state index is 14.8. The van der Waals surface area contributed by atoms with Crippen LogP contribution in [-0.2, 0) is 14.3 Å². The molecule has 0 radical (unpaired) electrons. The molecule has 4 fully saturated rings. The van der Waals surface area contributed by atoms with E-state index in [2.05, 4.69) is 13.0 Å². The molecule has 6 atom stereocenters. The Balaban J connectivity index is 1.51. The van der Waals surface area contributed by atoms with Crippen molar-refractivity contribution in [3.05, 3.63) is 69.7 Å². The van der Waals surface area contributed by atoms with Gasteiger partial charge in [-0.2, -0.15) is 0 Å². The van der Waals surface area contributed by atoms with Crippen LogP contribution in [0.2, 0.25) is 10.0 Å². The minimum Gasteiger partial charge on any atom is -0.394 e. The minimum atomic E-state index is -0.650. The molecule has 0 aromatic heterocycles. The lowest BCUT2D eigenvalue weighted by atomic mass is 9.60. The Morgan fingerprint density at radius 1 is 1.11 bits per heavy atom. The van der Waals surface area contributed by atoms with Gasteiger partial charge in [0.05, 0.1) is 24.1 Å². The molecule has 0 spiro atoms. The Morgan fingerprint density at radius 2 is 1.83 bits per heavy atom. The number of carbonyl (C=O) groups excluding carboxylic acids is 1. The van der Waals surface area contributed by atoms with Crippen LogP contribution in [0.15, 0.2) is 48.5 Å². The van der Waals surface area contributed by atoms with Crippen molar-refractivity contribution in [2.24, 2.45) is 16.7 Å². The molecule has 1 N–H and O–H groups in total. The van der Waals surface area contributed by atoms with Gasteiger partial charge in [0.15, 0.2) is 6.29 Å². The number of epoxide rings is 1. The number of ether oxygens (including phenoxy) is 2. The van der Waals surface area contributed by atoms with Gasteiger partial charge in [-0.3, -0.25) is 4.79 Å². The first-order chi connectivity index (χ1) is 17.3. The lowest BCUT2D eigenvalue weighted by Gasteiger charge is -2.54. The molecule has 5 nitrogen and oxygen atoms in total. The predicted octanol–water partition coefficient (Wildman–Crippen LogP) is 5.98. The summed E-state index contributed by atoms with van der Waals surface area (Å²) in [6.07, 6.45) is 4.30. The van der Waals surface area contributed by atoms with Gasteiger partial charge in [0.25, 0.3) is 0 Å². The number of nitrogens with zero attached hydrogens (tertiary/aromatic N) is 1. The number of hydrogen-bond donors (Lipinski definition) is 1. The van der Waals surface area contributed by atoms with E-state index < -0.39 is 5.41 Å². The molecule has 36 heavy (non-hydrogen) atoms. The van der Waals surface area contributed by atoms with Crippen molar-refractivity contribution in [3.8, 4) is 0 Å². The highest BCUT2D eigenvalue weighted by atomic mass is 35.5. The van der Waals surface area contributed by atoms with E-state index in [1.165, 1.54) is 0 Å². The van der Waals surface area contributed by atoms with Crippen molar-refractivity contribution in [2.75, 3.05) is 13.7 Å². The van der Waals surface area contributed by atoms with Crippen molar-refractivity contribution in [1.82, 2.24) is 4.90 Å². The largest absolute Gasteiger partial charge is 0.394 e. The van der Waals surface area contributed by atoms with Gasteiger partial charge in [-0.15, -0.1) is 0 Å². The molecule has 2 aromatic rings. The Hall–Kier alpha value is -1.63. The summed E-state index contributed by atoms with van der Waals surface area (Å²) >= 11 is 12.8. The van der Waals surface area contributed by atoms with E-state index in [1.54, 1.807) is 7.11 Å². The number of aliphatic hydroxyl groups is 1. The second kappa shape index (κ2) is 8.99. The number of halogens is 2. The highest BCUT2D eigenvalue weighted by molar-refractivity contribution is 6.30. The SMILES string of the molecule is COC1OC1C1([C@@]2(C)C[C@H](c3cccc(Cl)c3)C(c3ccc(Cl)cc3)N([C@H](CO)C3CC3)C2=O)CC1. The molecule has 192 valence electrons. The van der Waals surface area contributed by atoms with E-state index in [-0.39, 0.29) is 48.3 Å². The summed E-state index contributed by atoms with van der Waals surface area (Å²) in [7, 11) is 1.66. The zero-order chi connectivity index (χ0) is 25.2. The first-order valence-corrected chi connectivity index (χ1v) is 13.7. The molecule has 2 saturated carbocycles. The number of hydrogen-bond acceptors (Lipinski definition) is 4. The molecular formula is C29H33Cl2NO4. The lowest BCUT2D eigenvalue weighted by Crippen LogP contribution is -2.60. The maximum Gasteiger partial charge on any atom is 0.230 e. The number of amides is 1. The van der Waals surface area contributed by atoms with Crippen molar-refractivity contribution >= 4 is 29.1 Å². The zero-order valence-electron chi connectivity index (χ0n) is 20.7. The number of carbonyl (C=O) groups is 1. The molecule has 2 aliphatic carbocycles. The molecule has 2 heterocycles. The van der Waals surface area contributed by atoms with E-state index in [9.17, 15) is 9.90 Å². The average molecular weight is 530 g/mol. The number of aliphatic hydroxyl groups excluding tert-OH is 1. The van der Waals surface area contributed by atoms with Gasteiger partial charge in [-0.25, -0.2) is 0 Å². The number of likely N-dealkylation sites (tertiary alicyclic amines) is 1. The Labute approximate surface area is 222 Å². The van der Waals surface area contributed by atoms with Crippen molar-refractivity contribution in [2.45, 2.75) is 69.4 Å².